The Morgan fingerprint density at radius 2 is 1.22 bits per heavy atom. The summed E-state index contributed by atoms with van der Waals surface area (Å²) < 4.78 is 12.1. The molecule has 4 heteroatoms. The predicted molar refractivity (Wildman–Crippen MR) is 93.9 cm³/mol. The Labute approximate surface area is 138 Å². The maximum atomic E-state index is 7.00. The molecule has 0 N–H and O–H groups in total. The van der Waals surface area contributed by atoms with Crippen molar-refractivity contribution in [2.75, 3.05) is 0 Å². The number of hydrogen-bond donors (Lipinski definition) is 0. The summed E-state index contributed by atoms with van der Waals surface area (Å²) in [6.07, 6.45) is 0. The third-order valence-corrected chi connectivity index (χ3v) is 4.77. The van der Waals surface area contributed by atoms with Crippen LogP contribution in [0.5, 0.6) is 0 Å². The van der Waals surface area contributed by atoms with Gasteiger partial charge in [0, 0.05) is 0 Å². The Hall–Kier alpha value is -2.09. The standard InChI is InChI=1S/C19H20BNO2/c1-18(2)19(3,4)23-20(22-18)16-10-6-14(7-11-16)15-8-12-17(21-5)13-9-15/h6-13H,1-4H3. The van der Waals surface area contributed by atoms with Gasteiger partial charge in [-0.1, -0.05) is 48.5 Å². The molecule has 2 aromatic carbocycles. The van der Waals surface area contributed by atoms with Crippen LogP contribution in [0, 0.1) is 6.57 Å². The van der Waals surface area contributed by atoms with E-state index >= 15 is 0 Å². The minimum Gasteiger partial charge on any atom is -0.399 e. The second-order valence-corrected chi connectivity index (χ2v) is 6.87. The molecule has 0 bridgehead atoms. The number of hydrogen-bond acceptors (Lipinski definition) is 2. The van der Waals surface area contributed by atoms with E-state index in [0.717, 1.165) is 16.6 Å². The fourth-order valence-corrected chi connectivity index (χ4v) is 2.54. The second-order valence-electron chi connectivity index (χ2n) is 6.87. The second kappa shape index (κ2) is 5.52. The summed E-state index contributed by atoms with van der Waals surface area (Å²) in [6, 6.07) is 15.8. The van der Waals surface area contributed by atoms with Crippen molar-refractivity contribution >= 4 is 18.3 Å². The number of benzene rings is 2. The van der Waals surface area contributed by atoms with E-state index in [1.165, 1.54) is 0 Å². The van der Waals surface area contributed by atoms with E-state index in [2.05, 4.69) is 44.7 Å². The number of rotatable bonds is 2. The van der Waals surface area contributed by atoms with E-state index < -0.39 is 0 Å². The van der Waals surface area contributed by atoms with Gasteiger partial charge in [-0.15, -0.1) is 0 Å². The summed E-state index contributed by atoms with van der Waals surface area (Å²) in [7, 11) is -0.335. The molecular weight excluding hydrogens is 285 g/mol. The monoisotopic (exact) mass is 305 g/mol. The van der Waals surface area contributed by atoms with E-state index in [4.69, 9.17) is 15.9 Å². The third kappa shape index (κ3) is 2.90. The zero-order valence-corrected chi connectivity index (χ0v) is 14.0. The first kappa shape index (κ1) is 15.8. The molecule has 1 fully saturated rings. The first-order valence-corrected chi connectivity index (χ1v) is 7.76. The van der Waals surface area contributed by atoms with Crippen molar-refractivity contribution in [3.63, 3.8) is 0 Å². The summed E-state index contributed by atoms with van der Waals surface area (Å²) in [4.78, 5) is 3.42. The summed E-state index contributed by atoms with van der Waals surface area (Å²) in [6.45, 7) is 15.2. The summed E-state index contributed by atoms with van der Waals surface area (Å²) in [5.74, 6) is 0. The Kier molecular flexibility index (Phi) is 3.79. The number of nitrogens with zero attached hydrogens (tertiary/aromatic N) is 1. The molecule has 3 nitrogen and oxygen atoms in total. The van der Waals surface area contributed by atoms with Crippen molar-refractivity contribution in [3.05, 3.63) is 59.9 Å². The van der Waals surface area contributed by atoms with Crippen molar-refractivity contribution < 1.29 is 9.31 Å². The van der Waals surface area contributed by atoms with E-state index in [-0.39, 0.29) is 18.3 Å². The molecule has 116 valence electrons. The van der Waals surface area contributed by atoms with Gasteiger partial charge in [-0.2, -0.15) is 0 Å². The molecule has 3 rings (SSSR count). The molecule has 0 atom stereocenters. The van der Waals surface area contributed by atoms with Crippen LogP contribution in [0.25, 0.3) is 16.0 Å². The van der Waals surface area contributed by atoms with Crippen LogP contribution in [0.1, 0.15) is 27.7 Å². The minimum absolute atomic E-state index is 0.327. The normalized spacial score (nSPS) is 18.7. The Morgan fingerprint density at radius 1 is 0.783 bits per heavy atom. The van der Waals surface area contributed by atoms with Crippen molar-refractivity contribution in [1.29, 1.82) is 0 Å². The van der Waals surface area contributed by atoms with Crippen LogP contribution >= 0.6 is 0 Å². The van der Waals surface area contributed by atoms with Crippen molar-refractivity contribution in [1.82, 2.24) is 0 Å². The lowest BCUT2D eigenvalue weighted by molar-refractivity contribution is 0.00578. The fraction of sp³-hybridized carbons (Fsp3) is 0.316. The molecule has 1 saturated heterocycles. The largest absolute Gasteiger partial charge is 0.494 e. The van der Waals surface area contributed by atoms with Gasteiger partial charge in [0.05, 0.1) is 17.8 Å². The molecule has 0 spiro atoms. The molecule has 0 unspecified atom stereocenters. The molecule has 0 aliphatic carbocycles. The maximum Gasteiger partial charge on any atom is 0.494 e. The van der Waals surface area contributed by atoms with Crippen LogP contribution in [0.4, 0.5) is 5.69 Å². The Morgan fingerprint density at radius 3 is 1.65 bits per heavy atom. The van der Waals surface area contributed by atoms with E-state index in [0.29, 0.717) is 5.69 Å². The van der Waals surface area contributed by atoms with Crippen molar-refractivity contribution in [2.45, 2.75) is 38.9 Å². The van der Waals surface area contributed by atoms with Gasteiger partial charge in [0.25, 0.3) is 0 Å². The van der Waals surface area contributed by atoms with Crippen LogP contribution in [0.15, 0.2) is 48.5 Å². The SMILES string of the molecule is [C-]#[N+]c1ccc(-c2ccc(B3OC(C)(C)C(C)(C)O3)cc2)cc1. The Balaban J connectivity index is 1.81. The molecule has 1 heterocycles. The van der Waals surface area contributed by atoms with Crippen molar-refractivity contribution in [2.24, 2.45) is 0 Å². The lowest BCUT2D eigenvalue weighted by Crippen LogP contribution is -2.41. The fourth-order valence-electron chi connectivity index (χ4n) is 2.54. The van der Waals surface area contributed by atoms with Gasteiger partial charge >= 0.3 is 7.12 Å². The van der Waals surface area contributed by atoms with Gasteiger partial charge in [-0.3, -0.25) is 0 Å². The Bertz CT molecular complexity index is 726. The lowest BCUT2D eigenvalue weighted by Gasteiger charge is -2.32. The maximum absolute atomic E-state index is 7.00. The van der Waals surface area contributed by atoms with Crippen LogP contribution in [0.3, 0.4) is 0 Å². The zero-order chi connectivity index (χ0) is 16.7. The highest BCUT2D eigenvalue weighted by atomic mass is 16.7. The minimum atomic E-state index is -0.335. The summed E-state index contributed by atoms with van der Waals surface area (Å²) >= 11 is 0. The van der Waals surface area contributed by atoms with Gasteiger partial charge in [-0.05, 0) is 44.3 Å². The molecule has 0 saturated carbocycles. The first-order chi connectivity index (χ1) is 10.8. The van der Waals surface area contributed by atoms with E-state index in [1.54, 1.807) is 0 Å². The first-order valence-electron chi connectivity index (χ1n) is 7.76. The van der Waals surface area contributed by atoms with Crippen LogP contribution in [-0.4, -0.2) is 18.3 Å². The van der Waals surface area contributed by atoms with Crippen LogP contribution in [-0.2, 0) is 9.31 Å². The van der Waals surface area contributed by atoms with Gasteiger partial charge in [0.2, 0.25) is 0 Å². The molecule has 0 aromatic heterocycles. The molecule has 0 radical (unpaired) electrons. The molecular formula is C19H20BNO2. The highest BCUT2D eigenvalue weighted by Gasteiger charge is 2.51. The third-order valence-electron chi connectivity index (χ3n) is 4.77. The molecule has 23 heavy (non-hydrogen) atoms. The van der Waals surface area contributed by atoms with E-state index in [1.807, 2.05) is 36.4 Å². The van der Waals surface area contributed by atoms with Crippen LogP contribution < -0.4 is 5.46 Å². The van der Waals surface area contributed by atoms with Gasteiger partial charge < -0.3 is 9.31 Å². The quantitative estimate of drug-likeness (QED) is 0.613. The summed E-state index contributed by atoms with van der Waals surface area (Å²) in [5, 5.41) is 0. The average molecular weight is 305 g/mol. The lowest BCUT2D eigenvalue weighted by atomic mass is 9.78. The highest BCUT2D eigenvalue weighted by Crippen LogP contribution is 2.36. The molecule has 0 amide bonds. The predicted octanol–water partition coefficient (Wildman–Crippen LogP) is 4.20. The van der Waals surface area contributed by atoms with Gasteiger partial charge in [0.15, 0.2) is 5.69 Å². The molecule has 2 aromatic rings. The highest BCUT2D eigenvalue weighted by molar-refractivity contribution is 6.62. The average Bonchev–Trinajstić information content (AvgIpc) is 2.76. The van der Waals surface area contributed by atoms with Crippen LogP contribution in [0.2, 0.25) is 0 Å². The van der Waals surface area contributed by atoms with Gasteiger partial charge in [-0.25, -0.2) is 4.85 Å². The zero-order valence-electron chi connectivity index (χ0n) is 14.0. The smallest absolute Gasteiger partial charge is 0.399 e. The van der Waals surface area contributed by atoms with Gasteiger partial charge in [0.1, 0.15) is 0 Å². The topological polar surface area (TPSA) is 22.8 Å². The summed E-state index contributed by atoms with van der Waals surface area (Å²) in [5.41, 5.74) is 3.23. The van der Waals surface area contributed by atoms with E-state index in [9.17, 15) is 0 Å². The molecule has 1 aliphatic rings. The molecule has 1 aliphatic heterocycles. The van der Waals surface area contributed by atoms with Crippen molar-refractivity contribution in [3.8, 4) is 11.1 Å².